The van der Waals surface area contributed by atoms with Crippen molar-refractivity contribution >= 4 is 29.9 Å². The van der Waals surface area contributed by atoms with Crippen molar-refractivity contribution in [1.29, 1.82) is 0 Å². The highest BCUT2D eigenvalue weighted by atomic mass is 127. The third-order valence-corrected chi connectivity index (χ3v) is 5.06. The summed E-state index contributed by atoms with van der Waals surface area (Å²) in [4.78, 5) is 11.4. The molecule has 2 aromatic rings. The van der Waals surface area contributed by atoms with Crippen molar-refractivity contribution in [3.8, 4) is 0 Å². The van der Waals surface area contributed by atoms with E-state index in [1.807, 2.05) is 0 Å². The molecule has 2 atom stereocenters. The van der Waals surface area contributed by atoms with Crippen LogP contribution in [0.1, 0.15) is 49.9 Å². The third-order valence-electron chi connectivity index (χ3n) is 5.06. The lowest BCUT2D eigenvalue weighted by Gasteiger charge is -2.40. The summed E-state index contributed by atoms with van der Waals surface area (Å²) in [7, 11) is 0. The Balaban J connectivity index is 0.00000261. The lowest BCUT2D eigenvalue weighted by molar-refractivity contribution is 0.215. The normalized spacial score (nSPS) is 20.3. The number of rotatable bonds is 5. The van der Waals surface area contributed by atoms with Crippen molar-refractivity contribution in [2.45, 2.75) is 46.1 Å². The third kappa shape index (κ3) is 5.67. The Morgan fingerprint density at radius 2 is 2.07 bits per heavy atom. The highest BCUT2D eigenvalue weighted by Crippen LogP contribution is 2.34. The predicted octanol–water partition coefficient (Wildman–Crippen LogP) is 3.98. The fraction of sp³-hybridized carbons (Fsp3) is 0.550. The summed E-state index contributed by atoms with van der Waals surface area (Å²) in [5, 5.41) is 7.35. The number of halogens is 1. The summed E-state index contributed by atoms with van der Waals surface area (Å²) in [5.74, 6) is 3.40. The van der Waals surface area contributed by atoms with E-state index in [0.29, 0.717) is 30.1 Å². The highest BCUT2D eigenvalue weighted by Gasteiger charge is 2.30. The van der Waals surface area contributed by atoms with Crippen LogP contribution >= 0.6 is 24.0 Å². The molecule has 1 aromatic carbocycles. The minimum Gasteiger partial charge on any atom is -0.357 e. The van der Waals surface area contributed by atoms with Crippen molar-refractivity contribution in [2.24, 2.45) is 10.9 Å². The molecule has 0 saturated carbocycles. The Morgan fingerprint density at radius 1 is 1.30 bits per heavy atom. The van der Waals surface area contributed by atoms with Crippen LogP contribution in [-0.2, 0) is 6.54 Å². The predicted molar refractivity (Wildman–Crippen MR) is 118 cm³/mol. The molecular formula is C20H30IN5O. The molecule has 0 bridgehead atoms. The van der Waals surface area contributed by atoms with E-state index in [-0.39, 0.29) is 24.0 Å². The second kappa shape index (κ2) is 10.6. The van der Waals surface area contributed by atoms with E-state index < -0.39 is 0 Å². The van der Waals surface area contributed by atoms with Gasteiger partial charge in [0.05, 0.1) is 0 Å². The summed E-state index contributed by atoms with van der Waals surface area (Å²) < 4.78 is 5.04. The van der Waals surface area contributed by atoms with E-state index in [9.17, 15) is 0 Å². The van der Waals surface area contributed by atoms with Gasteiger partial charge < -0.3 is 14.7 Å². The van der Waals surface area contributed by atoms with Gasteiger partial charge in [-0.2, -0.15) is 4.98 Å². The number of hydrogen-bond donors (Lipinski definition) is 1. The molecule has 1 aliphatic rings. The second-order valence-corrected chi connectivity index (χ2v) is 6.82. The van der Waals surface area contributed by atoms with Gasteiger partial charge in [-0.3, -0.25) is 0 Å². The molecule has 6 nitrogen and oxygen atoms in total. The maximum Gasteiger partial charge on any atom is 0.223 e. The van der Waals surface area contributed by atoms with Gasteiger partial charge in [0.15, 0.2) is 11.8 Å². The highest BCUT2D eigenvalue weighted by molar-refractivity contribution is 14.0. The van der Waals surface area contributed by atoms with Crippen LogP contribution in [0.15, 0.2) is 39.8 Å². The number of aromatic nitrogens is 2. The molecule has 1 fully saturated rings. The molecule has 7 heteroatoms. The molecule has 27 heavy (non-hydrogen) atoms. The van der Waals surface area contributed by atoms with Crippen molar-refractivity contribution < 1.29 is 4.52 Å². The van der Waals surface area contributed by atoms with E-state index >= 15 is 0 Å². The van der Waals surface area contributed by atoms with E-state index in [2.05, 4.69) is 64.5 Å². The van der Waals surface area contributed by atoms with Crippen LogP contribution in [0.5, 0.6) is 0 Å². The minimum atomic E-state index is 0. The summed E-state index contributed by atoms with van der Waals surface area (Å²) >= 11 is 0. The quantitative estimate of drug-likeness (QED) is 0.396. The van der Waals surface area contributed by atoms with Crippen molar-refractivity contribution in [3.63, 3.8) is 0 Å². The number of nitrogens with zero attached hydrogens (tertiary/aromatic N) is 4. The van der Waals surface area contributed by atoms with Gasteiger partial charge in [0.2, 0.25) is 5.89 Å². The van der Waals surface area contributed by atoms with Crippen LogP contribution in [0.4, 0.5) is 0 Å². The topological polar surface area (TPSA) is 66.5 Å². The van der Waals surface area contributed by atoms with Gasteiger partial charge >= 0.3 is 0 Å². The molecule has 148 valence electrons. The SMILES string of the molecule is CCNC(=NCc1noc(C)n1)N1CCC(c2ccccc2)C(CC)C1.I. The molecule has 1 aromatic heterocycles. The zero-order valence-corrected chi connectivity index (χ0v) is 18.7. The molecule has 2 unspecified atom stereocenters. The smallest absolute Gasteiger partial charge is 0.223 e. The molecule has 1 aliphatic heterocycles. The van der Waals surface area contributed by atoms with Crippen LogP contribution in [0, 0.1) is 12.8 Å². The monoisotopic (exact) mass is 483 g/mol. The van der Waals surface area contributed by atoms with Crippen LogP contribution in [0.3, 0.4) is 0 Å². The van der Waals surface area contributed by atoms with Gasteiger partial charge in [-0.05, 0) is 30.7 Å². The summed E-state index contributed by atoms with van der Waals surface area (Å²) in [6.07, 6.45) is 2.31. The van der Waals surface area contributed by atoms with Gasteiger partial charge in [0, 0.05) is 26.6 Å². The summed E-state index contributed by atoms with van der Waals surface area (Å²) in [5.41, 5.74) is 1.46. The molecule has 0 radical (unpaired) electrons. The number of nitrogens with one attached hydrogen (secondary N) is 1. The van der Waals surface area contributed by atoms with E-state index in [0.717, 1.165) is 32.0 Å². The van der Waals surface area contributed by atoms with E-state index in [1.165, 1.54) is 12.0 Å². The first-order valence-electron chi connectivity index (χ1n) is 9.58. The van der Waals surface area contributed by atoms with Crippen LogP contribution in [-0.4, -0.2) is 40.6 Å². The average Bonchev–Trinajstić information content (AvgIpc) is 3.10. The Kier molecular flexibility index (Phi) is 8.53. The number of hydrogen-bond acceptors (Lipinski definition) is 4. The number of aliphatic imine (C=N–C) groups is 1. The summed E-state index contributed by atoms with van der Waals surface area (Å²) in [6, 6.07) is 10.9. The minimum absolute atomic E-state index is 0. The Hall–Kier alpha value is -1.64. The molecule has 1 saturated heterocycles. The van der Waals surface area contributed by atoms with Gasteiger partial charge in [0.1, 0.15) is 6.54 Å². The number of benzene rings is 1. The van der Waals surface area contributed by atoms with Crippen molar-refractivity contribution in [3.05, 3.63) is 47.6 Å². The zero-order valence-electron chi connectivity index (χ0n) is 16.4. The first kappa shape index (κ1) is 21.7. The van der Waals surface area contributed by atoms with Crippen LogP contribution in [0.25, 0.3) is 0 Å². The van der Waals surface area contributed by atoms with Crippen LogP contribution in [0.2, 0.25) is 0 Å². The molecule has 0 aliphatic carbocycles. The molecular weight excluding hydrogens is 453 g/mol. The van der Waals surface area contributed by atoms with Gasteiger partial charge in [-0.25, -0.2) is 4.99 Å². The first-order chi connectivity index (χ1) is 12.7. The molecule has 1 N–H and O–H groups in total. The lowest BCUT2D eigenvalue weighted by atomic mass is 9.79. The lowest BCUT2D eigenvalue weighted by Crippen LogP contribution is -2.48. The van der Waals surface area contributed by atoms with Crippen LogP contribution < -0.4 is 5.32 Å². The van der Waals surface area contributed by atoms with E-state index in [1.54, 1.807) is 6.92 Å². The summed E-state index contributed by atoms with van der Waals surface area (Å²) in [6.45, 7) is 9.50. The average molecular weight is 483 g/mol. The standard InChI is InChI=1S/C20H29N5O.HI/c1-4-16-14-25(12-11-18(16)17-9-7-6-8-10-17)20(21-5-2)22-13-19-23-15(3)26-24-19;/h6-10,16,18H,4-5,11-14H2,1-3H3,(H,21,22);1H. The van der Waals surface area contributed by atoms with Gasteiger partial charge in [-0.15, -0.1) is 24.0 Å². The molecule has 3 rings (SSSR count). The Bertz CT molecular complexity index is 718. The number of piperidine rings is 1. The van der Waals surface area contributed by atoms with Gasteiger partial charge in [0.25, 0.3) is 0 Å². The largest absolute Gasteiger partial charge is 0.357 e. The number of guanidine groups is 1. The molecule has 0 amide bonds. The second-order valence-electron chi connectivity index (χ2n) is 6.82. The van der Waals surface area contributed by atoms with E-state index in [4.69, 9.17) is 9.52 Å². The Morgan fingerprint density at radius 3 is 2.70 bits per heavy atom. The van der Waals surface area contributed by atoms with Gasteiger partial charge in [-0.1, -0.05) is 48.8 Å². The number of likely N-dealkylation sites (tertiary alicyclic amines) is 1. The maximum atomic E-state index is 5.04. The van der Waals surface area contributed by atoms with Crippen molar-refractivity contribution in [1.82, 2.24) is 20.4 Å². The fourth-order valence-corrected chi connectivity index (χ4v) is 3.75. The van der Waals surface area contributed by atoms with Crippen molar-refractivity contribution in [2.75, 3.05) is 19.6 Å². The zero-order chi connectivity index (χ0) is 18.4. The number of aryl methyl sites for hydroxylation is 1. The first-order valence-corrected chi connectivity index (χ1v) is 9.58. The maximum absolute atomic E-state index is 5.04. The molecule has 2 heterocycles. The fourth-order valence-electron chi connectivity index (χ4n) is 3.75. The Labute approximate surface area is 178 Å². The molecule has 0 spiro atoms.